The number of hydrogen-bond donors (Lipinski definition) is 2. The number of hydrogen-bond acceptors (Lipinski definition) is 5. The van der Waals surface area contributed by atoms with Crippen LogP contribution in [0.1, 0.15) is 47.2 Å². The van der Waals surface area contributed by atoms with Crippen molar-refractivity contribution in [3.05, 3.63) is 70.0 Å². The van der Waals surface area contributed by atoms with Crippen LogP contribution in [-0.4, -0.2) is 32.3 Å². The minimum atomic E-state index is -0.385. The van der Waals surface area contributed by atoms with Crippen LogP contribution in [0.3, 0.4) is 0 Å². The number of nitrogens with one attached hydrogen (secondary N) is 2. The summed E-state index contributed by atoms with van der Waals surface area (Å²) < 4.78 is 1.90. The Kier molecular flexibility index (Phi) is 7.93. The van der Waals surface area contributed by atoms with Gasteiger partial charge >= 0.3 is 0 Å². The summed E-state index contributed by atoms with van der Waals surface area (Å²) in [5.41, 5.74) is 3.31. The van der Waals surface area contributed by atoms with E-state index < -0.39 is 0 Å². The SMILES string of the molecule is CCn1c(SCC(=O)Nc2cc(C)ccc2C)nnc1[C@H](C)NC(=O)c1ccccc1Cl. The quantitative estimate of drug-likeness (QED) is 0.461. The molecule has 32 heavy (non-hydrogen) atoms. The minimum absolute atomic E-state index is 0.115. The van der Waals surface area contributed by atoms with Crippen molar-refractivity contribution in [2.24, 2.45) is 0 Å². The molecule has 0 saturated carbocycles. The highest BCUT2D eigenvalue weighted by Gasteiger charge is 2.21. The highest BCUT2D eigenvalue weighted by atomic mass is 35.5. The van der Waals surface area contributed by atoms with E-state index in [1.165, 1.54) is 11.8 Å². The van der Waals surface area contributed by atoms with Crippen molar-refractivity contribution in [1.29, 1.82) is 0 Å². The molecule has 0 bridgehead atoms. The smallest absolute Gasteiger partial charge is 0.253 e. The molecule has 2 aromatic carbocycles. The van der Waals surface area contributed by atoms with Gasteiger partial charge < -0.3 is 15.2 Å². The molecule has 168 valence electrons. The minimum Gasteiger partial charge on any atom is -0.342 e. The maximum Gasteiger partial charge on any atom is 0.253 e. The van der Waals surface area contributed by atoms with Gasteiger partial charge in [-0.2, -0.15) is 0 Å². The van der Waals surface area contributed by atoms with Crippen molar-refractivity contribution in [2.45, 2.75) is 45.4 Å². The highest BCUT2D eigenvalue weighted by molar-refractivity contribution is 7.99. The van der Waals surface area contributed by atoms with Crippen molar-refractivity contribution in [3.63, 3.8) is 0 Å². The summed E-state index contributed by atoms with van der Waals surface area (Å²) in [6.07, 6.45) is 0. The van der Waals surface area contributed by atoms with Gasteiger partial charge in [0, 0.05) is 12.2 Å². The van der Waals surface area contributed by atoms with Crippen molar-refractivity contribution in [2.75, 3.05) is 11.1 Å². The number of aromatic nitrogens is 3. The van der Waals surface area contributed by atoms with Crippen molar-refractivity contribution >= 4 is 40.9 Å². The summed E-state index contributed by atoms with van der Waals surface area (Å²) >= 11 is 7.43. The Morgan fingerprint density at radius 1 is 1.16 bits per heavy atom. The average Bonchev–Trinajstić information content (AvgIpc) is 3.18. The number of nitrogens with zero attached hydrogens (tertiary/aromatic N) is 3. The van der Waals surface area contributed by atoms with E-state index in [1.807, 2.05) is 50.5 Å². The van der Waals surface area contributed by atoms with Crippen molar-refractivity contribution in [3.8, 4) is 0 Å². The van der Waals surface area contributed by atoms with E-state index in [-0.39, 0.29) is 23.6 Å². The zero-order chi connectivity index (χ0) is 23.3. The zero-order valence-corrected chi connectivity index (χ0v) is 20.0. The molecule has 7 nitrogen and oxygen atoms in total. The lowest BCUT2D eigenvalue weighted by molar-refractivity contribution is -0.113. The molecular formula is C23H26ClN5O2S. The first kappa shape index (κ1) is 23.8. The molecule has 9 heteroatoms. The fourth-order valence-corrected chi connectivity index (χ4v) is 4.23. The van der Waals surface area contributed by atoms with Crippen LogP contribution in [0.25, 0.3) is 0 Å². The number of anilines is 1. The summed E-state index contributed by atoms with van der Waals surface area (Å²) in [5, 5.41) is 15.4. The van der Waals surface area contributed by atoms with Crippen LogP contribution >= 0.6 is 23.4 Å². The fraction of sp³-hybridized carbons (Fsp3) is 0.304. The molecule has 2 N–H and O–H groups in total. The summed E-state index contributed by atoms with van der Waals surface area (Å²) in [6, 6.07) is 12.4. The number of amides is 2. The molecule has 0 aliphatic heterocycles. The van der Waals surface area contributed by atoms with Crippen molar-refractivity contribution < 1.29 is 9.59 Å². The first-order chi connectivity index (χ1) is 15.3. The lowest BCUT2D eigenvalue weighted by Gasteiger charge is -2.15. The molecule has 0 unspecified atom stereocenters. The predicted molar refractivity (Wildman–Crippen MR) is 128 cm³/mol. The van der Waals surface area contributed by atoms with Gasteiger partial charge in [-0.25, -0.2) is 0 Å². The number of benzene rings is 2. The van der Waals surface area contributed by atoms with Gasteiger partial charge in [0.2, 0.25) is 5.91 Å². The zero-order valence-electron chi connectivity index (χ0n) is 18.5. The second kappa shape index (κ2) is 10.7. The molecule has 3 aromatic rings. The second-order valence-electron chi connectivity index (χ2n) is 7.42. The maximum atomic E-state index is 12.6. The molecule has 1 heterocycles. The third kappa shape index (κ3) is 5.69. The molecule has 3 rings (SSSR count). The van der Waals surface area contributed by atoms with Gasteiger partial charge in [0.1, 0.15) is 0 Å². The molecule has 1 atom stereocenters. The van der Waals surface area contributed by atoms with Crippen LogP contribution in [-0.2, 0) is 11.3 Å². The molecule has 2 amide bonds. The molecular weight excluding hydrogens is 446 g/mol. The number of aryl methyl sites for hydroxylation is 2. The Labute approximate surface area is 197 Å². The number of carbonyl (C=O) groups is 2. The van der Waals surface area contributed by atoms with E-state index in [4.69, 9.17) is 11.6 Å². The van der Waals surface area contributed by atoms with Gasteiger partial charge in [-0.1, -0.05) is 47.6 Å². The van der Waals surface area contributed by atoms with E-state index in [1.54, 1.807) is 24.3 Å². The molecule has 0 aliphatic rings. The van der Waals surface area contributed by atoms with E-state index in [9.17, 15) is 9.59 Å². The van der Waals surface area contributed by atoms with Gasteiger partial charge in [0.15, 0.2) is 11.0 Å². The van der Waals surface area contributed by atoms with Gasteiger partial charge in [-0.05, 0) is 57.0 Å². The molecule has 0 aliphatic carbocycles. The van der Waals surface area contributed by atoms with Crippen LogP contribution in [0.5, 0.6) is 0 Å². The maximum absolute atomic E-state index is 12.6. The third-order valence-corrected chi connectivity index (χ3v) is 6.21. The summed E-state index contributed by atoms with van der Waals surface area (Å²) in [6.45, 7) is 8.36. The number of rotatable bonds is 8. The number of halogens is 1. The molecule has 0 spiro atoms. The van der Waals surface area contributed by atoms with Gasteiger partial charge in [0.05, 0.1) is 22.4 Å². The molecule has 0 saturated heterocycles. The standard InChI is InChI=1S/C23H26ClN5O2S/c1-5-29-21(16(4)25-22(31)17-8-6-7-9-18(17)24)27-28-23(29)32-13-20(30)26-19-12-14(2)10-11-15(19)3/h6-12,16H,5,13H2,1-4H3,(H,25,31)(H,26,30)/t16-/m0/s1. The number of carbonyl (C=O) groups excluding carboxylic acids is 2. The van der Waals surface area contributed by atoms with Gasteiger partial charge in [0.25, 0.3) is 5.91 Å². The molecule has 0 radical (unpaired) electrons. The predicted octanol–water partition coefficient (Wildman–Crippen LogP) is 4.79. The summed E-state index contributed by atoms with van der Waals surface area (Å²) in [5.74, 6) is 0.420. The van der Waals surface area contributed by atoms with Crippen LogP contribution in [0, 0.1) is 13.8 Å². The van der Waals surface area contributed by atoms with E-state index in [2.05, 4.69) is 20.8 Å². The molecule has 0 fully saturated rings. The Morgan fingerprint density at radius 3 is 2.62 bits per heavy atom. The Bertz CT molecular complexity index is 1130. The van der Waals surface area contributed by atoms with Crippen LogP contribution in [0.4, 0.5) is 5.69 Å². The topological polar surface area (TPSA) is 88.9 Å². The van der Waals surface area contributed by atoms with Crippen LogP contribution in [0.15, 0.2) is 47.6 Å². The average molecular weight is 472 g/mol. The van der Waals surface area contributed by atoms with E-state index in [0.29, 0.717) is 28.1 Å². The van der Waals surface area contributed by atoms with E-state index >= 15 is 0 Å². The summed E-state index contributed by atoms with van der Waals surface area (Å²) in [7, 11) is 0. The Hall–Kier alpha value is -2.84. The van der Waals surface area contributed by atoms with Crippen LogP contribution in [0.2, 0.25) is 5.02 Å². The Morgan fingerprint density at radius 2 is 1.91 bits per heavy atom. The largest absolute Gasteiger partial charge is 0.342 e. The second-order valence-corrected chi connectivity index (χ2v) is 8.76. The van der Waals surface area contributed by atoms with E-state index in [0.717, 1.165) is 16.8 Å². The first-order valence-corrected chi connectivity index (χ1v) is 11.6. The van der Waals surface area contributed by atoms with Crippen LogP contribution < -0.4 is 10.6 Å². The monoisotopic (exact) mass is 471 g/mol. The first-order valence-electron chi connectivity index (χ1n) is 10.3. The third-order valence-electron chi connectivity index (χ3n) is 4.91. The normalized spacial score (nSPS) is 11.8. The number of thioether (sulfide) groups is 1. The Balaban J connectivity index is 1.65. The molecule has 1 aromatic heterocycles. The van der Waals surface area contributed by atoms with Gasteiger partial charge in [-0.15, -0.1) is 10.2 Å². The lowest BCUT2D eigenvalue weighted by atomic mass is 10.1. The van der Waals surface area contributed by atoms with Gasteiger partial charge in [-0.3, -0.25) is 9.59 Å². The lowest BCUT2D eigenvalue weighted by Crippen LogP contribution is -2.29. The van der Waals surface area contributed by atoms with Crippen molar-refractivity contribution in [1.82, 2.24) is 20.1 Å². The summed E-state index contributed by atoms with van der Waals surface area (Å²) in [4.78, 5) is 25.0. The highest BCUT2D eigenvalue weighted by Crippen LogP contribution is 2.23. The fourth-order valence-electron chi connectivity index (χ4n) is 3.20.